The van der Waals surface area contributed by atoms with E-state index in [0.717, 1.165) is 30.6 Å². The minimum Gasteiger partial charge on any atom is -0.354 e. The highest BCUT2D eigenvalue weighted by Gasteiger charge is 2.29. The molecule has 2 atom stereocenters. The van der Waals surface area contributed by atoms with Crippen molar-refractivity contribution in [3.05, 3.63) is 96.1 Å². The number of para-hydroxylation sites is 1. The zero-order valence-corrected chi connectivity index (χ0v) is 18.4. The minimum atomic E-state index is -0.118. The first-order valence-corrected chi connectivity index (χ1v) is 11.6. The number of aromatic nitrogens is 1. The maximum atomic E-state index is 12.6. The highest BCUT2D eigenvalue weighted by atomic mass is 16.2. The van der Waals surface area contributed by atoms with Crippen LogP contribution in [-0.2, 0) is 4.79 Å². The summed E-state index contributed by atoms with van der Waals surface area (Å²) in [7, 11) is 0. The first-order chi connectivity index (χ1) is 15.7. The van der Waals surface area contributed by atoms with Gasteiger partial charge in [-0.2, -0.15) is 0 Å². The Morgan fingerprint density at radius 1 is 0.969 bits per heavy atom. The third kappa shape index (κ3) is 4.32. The molecule has 4 aromatic rings. The van der Waals surface area contributed by atoms with Gasteiger partial charge in [0.05, 0.1) is 18.2 Å². The number of hydrogen-bond donors (Lipinski definition) is 3. The van der Waals surface area contributed by atoms with E-state index in [9.17, 15) is 4.79 Å². The molecule has 4 nitrogen and oxygen atoms in total. The summed E-state index contributed by atoms with van der Waals surface area (Å²) in [5.74, 6) is 0.292. The summed E-state index contributed by atoms with van der Waals surface area (Å²) in [6.45, 7) is 2.80. The third-order valence-corrected chi connectivity index (χ3v) is 6.42. The molecule has 1 heterocycles. The summed E-state index contributed by atoms with van der Waals surface area (Å²) < 4.78 is 0. The highest BCUT2D eigenvalue weighted by Crippen LogP contribution is 2.38. The largest absolute Gasteiger partial charge is 0.354 e. The van der Waals surface area contributed by atoms with Crippen molar-refractivity contribution in [3.63, 3.8) is 0 Å². The number of rotatable bonds is 8. The zero-order chi connectivity index (χ0) is 21.9. The van der Waals surface area contributed by atoms with Gasteiger partial charge >= 0.3 is 0 Å². The number of quaternary nitrogens is 1. The number of H-pyrrole nitrogens is 1. The van der Waals surface area contributed by atoms with Crippen molar-refractivity contribution in [1.82, 2.24) is 10.3 Å². The molecule has 1 saturated carbocycles. The van der Waals surface area contributed by atoms with E-state index in [2.05, 4.69) is 101 Å². The number of fused-ring (bicyclic) bond motifs is 1. The van der Waals surface area contributed by atoms with E-state index < -0.39 is 0 Å². The molecule has 4 heteroatoms. The molecule has 0 spiro atoms. The van der Waals surface area contributed by atoms with Gasteiger partial charge in [-0.05, 0) is 42.5 Å². The van der Waals surface area contributed by atoms with E-state index in [1.54, 1.807) is 0 Å². The van der Waals surface area contributed by atoms with E-state index in [1.807, 2.05) is 6.92 Å². The van der Waals surface area contributed by atoms with Gasteiger partial charge in [0.15, 0.2) is 6.04 Å². The molecule has 0 aliphatic heterocycles. The van der Waals surface area contributed by atoms with Gasteiger partial charge in [0, 0.05) is 16.9 Å². The SMILES string of the molecule is C[C@@H]([NH2+]C[C@H](c1ccccc1)c1c(-c2ccccc2)[nH]c2ccccc12)C(=O)NC1CC1. The molecule has 0 bridgehead atoms. The van der Waals surface area contributed by atoms with Gasteiger partial charge in [-0.1, -0.05) is 78.9 Å². The summed E-state index contributed by atoms with van der Waals surface area (Å²) in [5, 5.41) is 6.57. The molecular formula is C28H30N3O+. The molecule has 1 aromatic heterocycles. The van der Waals surface area contributed by atoms with Crippen LogP contribution in [0.2, 0.25) is 0 Å². The predicted octanol–water partition coefficient (Wildman–Crippen LogP) is 4.20. The maximum absolute atomic E-state index is 12.6. The first-order valence-electron chi connectivity index (χ1n) is 11.6. The average molecular weight is 425 g/mol. The summed E-state index contributed by atoms with van der Waals surface area (Å²) in [5.41, 5.74) is 6.04. The number of hydrogen-bond acceptors (Lipinski definition) is 1. The summed E-state index contributed by atoms with van der Waals surface area (Å²) in [6.07, 6.45) is 2.22. The molecule has 0 saturated heterocycles. The Bertz CT molecular complexity index is 1200. The van der Waals surface area contributed by atoms with E-state index in [-0.39, 0.29) is 17.9 Å². The van der Waals surface area contributed by atoms with Crippen molar-refractivity contribution in [2.45, 2.75) is 37.8 Å². The lowest BCUT2D eigenvalue weighted by atomic mass is 9.87. The van der Waals surface area contributed by atoms with Gasteiger partial charge in [-0.3, -0.25) is 4.79 Å². The Morgan fingerprint density at radius 2 is 1.62 bits per heavy atom. The Hall–Kier alpha value is -3.37. The van der Waals surface area contributed by atoms with Gasteiger partial charge in [0.25, 0.3) is 5.91 Å². The Labute approximate surface area is 189 Å². The van der Waals surface area contributed by atoms with Crippen molar-refractivity contribution in [2.75, 3.05) is 6.54 Å². The fourth-order valence-corrected chi connectivity index (χ4v) is 4.47. The first kappa shape index (κ1) is 20.5. The molecule has 1 aliphatic carbocycles. The molecule has 3 aromatic carbocycles. The second kappa shape index (κ2) is 9.01. The molecule has 162 valence electrons. The van der Waals surface area contributed by atoms with Crippen LogP contribution in [-0.4, -0.2) is 29.5 Å². The Morgan fingerprint density at radius 3 is 2.34 bits per heavy atom. The standard InChI is InChI=1S/C28H29N3O/c1-19(28(32)30-22-16-17-22)29-18-24(20-10-4-2-5-11-20)26-23-14-8-9-15-25(23)31-27(26)21-12-6-3-7-13-21/h2-15,19,22,24,29,31H,16-18H2,1H3,(H,30,32)/p+1/t19-,24-/m1/s1. The lowest BCUT2D eigenvalue weighted by Crippen LogP contribution is -2.92. The van der Waals surface area contributed by atoms with Crippen molar-refractivity contribution in [2.24, 2.45) is 0 Å². The topological polar surface area (TPSA) is 61.5 Å². The van der Waals surface area contributed by atoms with Crippen LogP contribution in [0.4, 0.5) is 0 Å². The van der Waals surface area contributed by atoms with Crippen LogP contribution in [0.15, 0.2) is 84.9 Å². The fourth-order valence-electron chi connectivity index (χ4n) is 4.47. The van der Waals surface area contributed by atoms with Crippen molar-refractivity contribution < 1.29 is 10.1 Å². The van der Waals surface area contributed by atoms with E-state index >= 15 is 0 Å². The van der Waals surface area contributed by atoms with E-state index in [0.29, 0.717) is 6.04 Å². The number of aromatic amines is 1. The lowest BCUT2D eigenvalue weighted by molar-refractivity contribution is -0.674. The zero-order valence-electron chi connectivity index (χ0n) is 18.4. The van der Waals surface area contributed by atoms with Crippen LogP contribution < -0.4 is 10.6 Å². The highest BCUT2D eigenvalue weighted by molar-refractivity contribution is 5.92. The van der Waals surface area contributed by atoms with Crippen LogP contribution >= 0.6 is 0 Å². The number of amides is 1. The summed E-state index contributed by atoms with van der Waals surface area (Å²) >= 11 is 0. The molecule has 4 N–H and O–H groups in total. The third-order valence-electron chi connectivity index (χ3n) is 6.42. The molecule has 32 heavy (non-hydrogen) atoms. The van der Waals surface area contributed by atoms with Crippen LogP contribution in [0, 0.1) is 0 Å². The second-order valence-electron chi connectivity index (χ2n) is 8.83. The van der Waals surface area contributed by atoms with Gasteiger partial charge in [-0.15, -0.1) is 0 Å². The van der Waals surface area contributed by atoms with Crippen molar-refractivity contribution in [3.8, 4) is 11.3 Å². The molecule has 1 aliphatic rings. The average Bonchev–Trinajstić information content (AvgIpc) is 3.58. The fraction of sp³-hybridized carbons (Fsp3) is 0.250. The van der Waals surface area contributed by atoms with Gasteiger partial charge < -0.3 is 15.6 Å². The quantitative estimate of drug-likeness (QED) is 0.390. The van der Waals surface area contributed by atoms with Crippen LogP contribution in [0.5, 0.6) is 0 Å². The van der Waals surface area contributed by atoms with Crippen molar-refractivity contribution in [1.29, 1.82) is 0 Å². The summed E-state index contributed by atoms with van der Waals surface area (Å²) in [4.78, 5) is 16.3. The number of nitrogens with one attached hydrogen (secondary N) is 2. The van der Waals surface area contributed by atoms with Gasteiger partial charge in [0.2, 0.25) is 0 Å². The second-order valence-corrected chi connectivity index (χ2v) is 8.83. The summed E-state index contributed by atoms with van der Waals surface area (Å²) in [6, 6.07) is 30.0. The van der Waals surface area contributed by atoms with E-state index in [4.69, 9.17) is 0 Å². The molecule has 5 rings (SSSR count). The van der Waals surface area contributed by atoms with Crippen molar-refractivity contribution >= 4 is 16.8 Å². The number of carbonyl (C=O) groups is 1. The molecule has 1 fully saturated rings. The monoisotopic (exact) mass is 424 g/mol. The van der Waals surface area contributed by atoms with Crippen LogP contribution in [0.25, 0.3) is 22.2 Å². The van der Waals surface area contributed by atoms with Gasteiger partial charge in [0.1, 0.15) is 0 Å². The molecule has 0 unspecified atom stereocenters. The Balaban J connectivity index is 1.55. The minimum absolute atomic E-state index is 0.118. The van der Waals surface area contributed by atoms with Crippen LogP contribution in [0.1, 0.15) is 36.8 Å². The van der Waals surface area contributed by atoms with Crippen LogP contribution in [0.3, 0.4) is 0 Å². The smallest absolute Gasteiger partial charge is 0.278 e. The predicted molar refractivity (Wildman–Crippen MR) is 129 cm³/mol. The lowest BCUT2D eigenvalue weighted by Gasteiger charge is -2.20. The number of benzene rings is 3. The van der Waals surface area contributed by atoms with Gasteiger partial charge in [-0.25, -0.2) is 0 Å². The Kier molecular flexibility index (Phi) is 5.78. The number of nitrogens with two attached hydrogens (primary N) is 1. The maximum Gasteiger partial charge on any atom is 0.278 e. The molecule has 1 amide bonds. The molecular weight excluding hydrogens is 394 g/mol. The normalized spacial score (nSPS) is 15.4. The molecule has 0 radical (unpaired) electrons. The van der Waals surface area contributed by atoms with E-state index in [1.165, 1.54) is 22.1 Å². The number of carbonyl (C=O) groups excluding carboxylic acids is 1.